The van der Waals surface area contributed by atoms with E-state index in [4.69, 9.17) is 5.11 Å². The van der Waals surface area contributed by atoms with Crippen LogP contribution in [0.2, 0.25) is 0 Å². The van der Waals surface area contributed by atoms with Crippen molar-refractivity contribution in [2.45, 2.75) is 262 Å². The lowest BCUT2D eigenvalue weighted by atomic mass is 9.90. The Hall–Kier alpha value is -0.0400. The lowest BCUT2D eigenvalue weighted by molar-refractivity contribution is 0.282. The maximum Gasteiger partial charge on any atom is 0.0431 e. The quantitative estimate of drug-likeness (QED) is 0.0648. The minimum absolute atomic E-state index is 0.372. The molecule has 0 bridgehead atoms. The third kappa shape index (κ3) is 45.9. The fourth-order valence-electron chi connectivity index (χ4n) is 7.55. The second-order valence-electron chi connectivity index (χ2n) is 18.7. The van der Waals surface area contributed by atoms with Crippen LogP contribution in [0.4, 0.5) is 0 Å². The van der Waals surface area contributed by atoms with Gasteiger partial charge in [-0.05, 0) is 47.8 Å². The molecule has 0 saturated heterocycles. The van der Waals surface area contributed by atoms with Gasteiger partial charge in [0.25, 0.3) is 0 Å². The van der Waals surface area contributed by atoms with E-state index in [0.717, 1.165) is 47.8 Å². The molecule has 0 heterocycles. The van der Waals surface area contributed by atoms with E-state index < -0.39 is 0 Å². The third-order valence-corrected chi connectivity index (χ3v) is 11.3. The van der Waals surface area contributed by atoms with Crippen LogP contribution in [0.5, 0.6) is 0 Å². The summed E-state index contributed by atoms with van der Waals surface area (Å²) >= 11 is 0. The van der Waals surface area contributed by atoms with Crippen molar-refractivity contribution in [1.82, 2.24) is 0 Å². The summed E-state index contributed by atoms with van der Waals surface area (Å²) in [5, 5.41) is 8.67. The summed E-state index contributed by atoms with van der Waals surface area (Å²) in [6.07, 6.45) is 42.4. The first-order valence-electron chi connectivity index (χ1n) is 23.1. The Morgan fingerprint density at radius 3 is 0.673 bits per heavy atom. The van der Waals surface area contributed by atoms with Crippen molar-refractivity contribution in [3.8, 4) is 0 Å². The first kappa shape index (κ1) is 51.1. The van der Waals surface area contributed by atoms with Crippen LogP contribution in [0.3, 0.4) is 0 Å². The number of aliphatic hydroxyl groups is 1. The Labute approximate surface area is 314 Å². The summed E-state index contributed by atoms with van der Waals surface area (Å²) in [5.41, 5.74) is 0. The molecule has 0 aliphatic carbocycles. The van der Waals surface area contributed by atoms with Gasteiger partial charge in [0.05, 0.1) is 0 Å². The second kappa shape index (κ2) is 39.2. The van der Waals surface area contributed by atoms with Gasteiger partial charge in [-0.3, -0.25) is 0 Å². The lowest BCUT2D eigenvalue weighted by Gasteiger charge is -2.16. The zero-order chi connectivity index (χ0) is 37.0. The highest BCUT2D eigenvalue weighted by Gasteiger charge is 2.09. The van der Waals surface area contributed by atoms with Crippen LogP contribution < -0.4 is 0 Å². The van der Waals surface area contributed by atoms with Crippen molar-refractivity contribution in [1.29, 1.82) is 0 Å². The van der Waals surface area contributed by atoms with Crippen LogP contribution in [0, 0.1) is 41.4 Å². The fourth-order valence-corrected chi connectivity index (χ4v) is 7.55. The van der Waals surface area contributed by atoms with E-state index in [0.29, 0.717) is 6.61 Å². The zero-order valence-electron chi connectivity index (χ0n) is 36.4. The Kier molecular flexibility index (Phi) is 40.8. The summed E-state index contributed by atoms with van der Waals surface area (Å²) in [7, 11) is 0. The summed E-state index contributed by atoms with van der Waals surface area (Å²) in [6, 6.07) is 0. The third-order valence-electron chi connectivity index (χ3n) is 11.3. The van der Waals surface area contributed by atoms with Gasteiger partial charge in [0.2, 0.25) is 0 Å². The molecule has 0 aliphatic heterocycles. The zero-order valence-corrected chi connectivity index (χ0v) is 36.4. The summed E-state index contributed by atoms with van der Waals surface area (Å²) in [5.74, 6) is 6.40. The molecule has 298 valence electrons. The van der Waals surface area contributed by atoms with Crippen molar-refractivity contribution in [2.75, 3.05) is 6.61 Å². The van der Waals surface area contributed by atoms with Crippen LogP contribution >= 0.6 is 0 Å². The molecule has 0 saturated carbocycles. The van der Waals surface area contributed by atoms with E-state index in [1.165, 1.54) is 186 Å². The predicted octanol–water partition coefficient (Wildman–Crippen LogP) is 17.2. The molecule has 0 spiro atoms. The molecule has 4 unspecified atom stereocenters. The Morgan fingerprint density at radius 1 is 0.224 bits per heavy atom. The van der Waals surface area contributed by atoms with E-state index in [1.54, 1.807) is 0 Å². The van der Waals surface area contributed by atoms with Crippen molar-refractivity contribution in [2.24, 2.45) is 41.4 Å². The molecule has 0 rings (SSSR count). The average molecular weight is 693 g/mol. The molecule has 4 atom stereocenters. The number of hydrogen-bond acceptors (Lipinski definition) is 1. The van der Waals surface area contributed by atoms with Gasteiger partial charge in [0, 0.05) is 6.61 Å². The van der Waals surface area contributed by atoms with Crippen molar-refractivity contribution < 1.29 is 5.11 Å². The van der Waals surface area contributed by atoms with Crippen LogP contribution in [-0.4, -0.2) is 11.7 Å². The molecule has 49 heavy (non-hydrogen) atoms. The molecule has 0 aromatic rings. The standard InChI is InChI=1S/C30H62.C18H38O/c1-25(2)15-11-19-29(7)23-13-21-27(5)17-9-10-18-28(6)22-14-24-30(8)20-12-16-26(3)4;1-18(2)16-14-12-10-8-6-4-3-5-7-9-11-13-15-17-19/h25-30H,9-24H2,1-8H3;18-19H,3-17H2,1-2H3. The van der Waals surface area contributed by atoms with E-state index in [-0.39, 0.29) is 0 Å². The van der Waals surface area contributed by atoms with Gasteiger partial charge in [0.1, 0.15) is 0 Å². The van der Waals surface area contributed by atoms with Gasteiger partial charge in [-0.1, -0.05) is 255 Å². The summed E-state index contributed by atoms with van der Waals surface area (Å²) in [6.45, 7) is 24.4. The molecule has 0 aromatic heterocycles. The molecule has 0 fully saturated rings. The van der Waals surface area contributed by atoms with Crippen molar-refractivity contribution in [3.05, 3.63) is 0 Å². The number of hydrogen-bond donors (Lipinski definition) is 1. The highest BCUT2D eigenvalue weighted by atomic mass is 16.2. The van der Waals surface area contributed by atoms with Crippen LogP contribution in [0.25, 0.3) is 0 Å². The summed E-state index contributed by atoms with van der Waals surface area (Å²) < 4.78 is 0. The highest BCUT2D eigenvalue weighted by Crippen LogP contribution is 2.24. The largest absolute Gasteiger partial charge is 0.396 e. The smallest absolute Gasteiger partial charge is 0.0431 e. The minimum Gasteiger partial charge on any atom is -0.396 e. The Morgan fingerprint density at radius 2 is 0.408 bits per heavy atom. The lowest BCUT2D eigenvalue weighted by Crippen LogP contribution is -2.01. The van der Waals surface area contributed by atoms with E-state index in [1.807, 2.05) is 0 Å². The van der Waals surface area contributed by atoms with Crippen molar-refractivity contribution >= 4 is 0 Å². The molecule has 0 aliphatic rings. The van der Waals surface area contributed by atoms with Gasteiger partial charge in [-0.25, -0.2) is 0 Å². The van der Waals surface area contributed by atoms with Gasteiger partial charge in [0.15, 0.2) is 0 Å². The van der Waals surface area contributed by atoms with Crippen LogP contribution in [0.15, 0.2) is 0 Å². The first-order chi connectivity index (χ1) is 23.5. The van der Waals surface area contributed by atoms with Gasteiger partial charge < -0.3 is 5.11 Å². The molecule has 1 nitrogen and oxygen atoms in total. The fraction of sp³-hybridized carbons (Fsp3) is 1.00. The van der Waals surface area contributed by atoms with Crippen LogP contribution in [0.1, 0.15) is 262 Å². The second-order valence-corrected chi connectivity index (χ2v) is 18.7. The van der Waals surface area contributed by atoms with Gasteiger partial charge in [-0.15, -0.1) is 0 Å². The summed E-state index contributed by atoms with van der Waals surface area (Å²) in [4.78, 5) is 0. The predicted molar refractivity (Wildman–Crippen MR) is 227 cm³/mol. The van der Waals surface area contributed by atoms with E-state index >= 15 is 0 Å². The Balaban J connectivity index is 0. The van der Waals surface area contributed by atoms with Gasteiger partial charge in [-0.2, -0.15) is 0 Å². The highest BCUT2D eigenvalue weighted by molar-refractivity contribution is 4.62. The molecular weight excluding hydrogens is 593 g/mol. The average Bonchev–Trinajstić information content (AvgIpc) is 3.03. The SMILES string of the molecule is CC(C)CCCC(C)CCCC(C)CCCCC(C)CCCC(C)CCCC(C)C.CC(C)CCCCCCCCCCCCCCCO. The molecule has 0 amide bonds. The Bertz CT molecular complexity index is 560. The topological polar surface area (TPSA) is 20.2 Å². The molecule has 0 radical (unpaired) electrons. The molecule has 1 heteroatoms. The van der Waals surface area contributed by atoms with E-state index in [9.17, 15) is 0 Å². The maximum absolute atomic E-state index is 8.67. The first-order valence-corrected chi connectivity index (χ1v) is 23.1. The maximum atomic E-state index is 8.67. The number of aliphatic hydroxyl groups excluding tert-OH is 1. The van der Waals surface area contributed by atoms with Crippen molar-refractivity contribution in [3.63, 3.8) is 0 Å². The van der Waals surface area contributed by atoms with Crippen LogP contribution in [-0.2, 0) is 0 Å². The normalized spacial score (nSPS) is 14.3. The van der Waals surface area contributed by atoms with Gasteiger partial charge >= 0.3 is 0 Å². The number of unbranched alkanes of at least 4 members (excludes halogenated alkanes) is 13. The number of rotatable bonds is 36. The van der Waals surface area contributed by atoms with E-state index in [2.05, 4.69) is 69.2 Å². The monoisotopic (exact) mass is 693 g/mol. The molecular formula is C48H100O. The minimum atomic E-state index is 0.372. The molecule has 1 N–H and O–H groups in total. The molecule has 0 aromatic carbocycles.